The number of nitrogens with one attached hydrogen (secondary N) is 2. The number of thiophene rings is 1. The number of amides is 1. The van der Waals surface area contributed by atoms with Crippen LogP contribution in [-0.4, -0.2) is 24.3 Å². The third-order valence-electron chi connectivity index (χ3n) is 3.73. The summed E-state index contributed by atoms with van der Waals surface area (Å²) in [7, 11) is 0. The Bertz CT molecular complexity index is 943. The van der Waals surface area contributed by atoms with Crippen molar-refractivity contribution in [2.75, 3.05) is 11.9 Å². The van der Waals surface area contributed by atoms with Crippen LogP contribution in [0.2, 0.25) is 0 Å². The van der Waals surface area contributed by atoms with Crippen molar-refractivity contribution in [1.29, 1.82) is 0 Å². The zero-order chi connectivity index (χ0) is 19.2. The highest BCUT2D eigenvalue weighted by atomic mass is 32.1. The number of amidine groups is 1. The first-order chi connectivity index (χ1) is 13.1. The third kappa shape index (κ3) is 4.51. The maximum atomic E-state index is 12.5. The molecule has 0 unspecified atom stereocenters. The minimum Gasteiger partial charge on any atom is -0.462 e. The quantitative estimate of drug-likeness (QED) is 0.622. The van der Waals surface area contributed by atoms with Crippen LogP contribution in [-0.2, 0) is 14.3 Å². The highest BCUT2D eigenvalue weighted by Gasteiger charge is 2.25. The maximum Gasteiger partial charge on any atom is 0.343 e. The summed E-state index contributed by atoms with van der Waals surface area (Å²) < 4.78 is 5.15. The molecule has 0 radical (unpaired) electrons. The van der Waals surface area contributed by atoms with Gasteiger partial charge in [0.05, 0.1) is 18.0 Å². The average molecular weight is 381 g/mol. The predicted octanol–water partition coefficient (Wildman–Crippen LogP) is 3.87. The van der Waals surface area contributed by atoms with Crippen molar-refractivity contribution >= 4 is 46.5 Å². The molecule has 1 aromatic carbocycles. The molecule has 0 atom stereocenters. The summed E-state index contributed by atoms with van der Waals surface area (Å²) in [6.07, 6.45) is 3.13. The molecule has 138 valence electrons. The van der Waals surface area contributed by atoms with Crippen LogP contribution in [0.15, 0.2) is 64.1 Å². The number of hydrogen-bond donors (Lipinski definition) is 2. The van der Waals surface area contributed by atoms with Gasteiger partial charge in [-0.2, -0.15) is 0 Å². The van der Waals surface area contributed by atoms with Gasteiger partial charge in [-0.25, -0.2) is 9.79 Å². The molecule has 0 aliphatic carbocycles. The number of nitrogens with zero attached hydrogens (tertiary/aromatic N) is 1. The van der Waals surface area contributed by atoms with Crippen LogP contribution >= 0.6 is 11.3 Å². The Hall–Kier alpha value is -3.19. The molecule has 2 aromatic rings. The Labute approximate surface area is 161 Å². The number of benzene rings is 1. The lowest BCUT2D eigenvalue weighted by Gasteiger charge is -2.12. The SMILES string of the molecule is CCOC(=O)C1=C(C)Nc2ccccc2N=C1NC(=O)/C=C/c1cccs1. The van der Waals surface area contributed by atoms with E-state index >= 15 is 0 Å². The Kier molecular flexibility index (Phi) is 5.83. The van der Waals surface area contributed by atoms with E-state index in [2.05, 4.69) is 15.6 Å². The Morgan fingerprint density at radius 1 is 1.26 bits per heavy atom. The number of hydrogen-bond acceptors (Lipinski definition) is 6. The summed E-state index contributed by atoms with van der Waals surface area (Å²) in [5.74, 6) is -0.767. The van der Waals surface area contributed by atoms with Crippen molar-refractivity contribution in [2.24, 2.45) is 4.99 Å². The van der Waals surface area contributed by atoms with Gasteiger partial charge in [0.2, 0.25) is 5.91 Å². The number of esters is 1. The van der Waals surface area contributed by atoms with Crippen molar-refractivity contribution in [3.05, 3.63) is 64.0 Å². The van der Waals surface area contributed by atoms with Crippen LogP contribution in [0.3, 0.4) is 0 Å². The van der Waals surface area contributed by atoms with E-state index in [0.717, 1.165) is 10.6 Å². The van der Waals surface area contributed by atoms with Crippen LogP contribution in [0.1, 0.15) is 18.7 Å². The highest BCUT2D eigenvalue weighted by Crippen LogP contribution is 2.30. The molecule has 0 fully saturated rings. The molecule has 3 rings (SSSR count). The van der Waals surface area contributed by atoms with Gasteiger partial charge in [-0.15, -0.1) is 11.3 Å². The standard InChI is InChI=1S/C20H19N3O3S/c1-3-26-20(25)18-13(2)21-15-8-4-5-9-16(15)22-19(18)23-17(24)11-10-14-7-6-12-27-14/h4-12,21H,3H2,1-2H3,(H,22,23,24)/b11-10+. The van der Waals surface area contributed by atoms with Crippen molar-refractivity contribution in [3.63, 3.8) is 0 Å². The van der Waals surface area contributed by atoms with Gasteiger partial charge in [-0.3, -0.25) is 4.79 Å². The number of carbonyl (C=O) groups is 2. The second kappa shape index (κ2) is 8.46. The smallest absolute Gasteiger partial charge is 0.343 e. The van der Waals surface area contributed by atoms with E-state index in [1.54, 1.807) is 26.0 Å². The predicted molar refractivity (Wildman–Crippen MR) is 108 cm³/mol. The molecule has 0 saturated heterocycles. The molecule has 1 aliphatic rings. The van der Waals surface area contributed by atoms with E-state index in [0.29, 0.717) is 11.4 Å². The number of allylic oxidation sites excluding steroid dienone is 1. The zero-order valence-corrected chi connectivity index (χ0v) is 15.8. The number of para-hydroxylation sites is 2. The second-order valence-corrected chi connectivity index (χ2v) is 6.64. The summed E-state index contributed by atoms with van der Waals surface area (Å²) in [6.45, 7) is 3.70. The van der Waals surface area contributed by atoms with Crippen LogP contribution in [0.5, 0.6) is 0 Å². The molecule has 27 heavy (non-hydrogen) atoms. The Balaban J connectivity index is 1.94. The number of aliphatic imine (C=N–C) groups is 1. The van der Waals surface area contributed by atoms with E-state index < -0.39 is 5.97 Å². The van der Waals surface area contributed by atoms with Crippen LogP contribution < -0.4 is 10.6 Å². The molecule has 0 bridgehead atoms. The monoisotopic (exact) mass is 381 g/mol. The van der Waals surface area contributed by atoms with Crippen molar-refractivity contribution in [2.45, 2.75) is 13.8 Å². The summed E-state index contributed by atoms with van der Waals surface area (Å²) in [6, 6.07) is 11.2. The number of rotatable bonds is 4. The minimum absolute atomic E-state index is 0.157. The average Bonchev–Trinajstić information content (AvgIpc) is 3.11. The van der Waals surface area contributed by atoms with E-state index in [4.69, 9.17) is 4.74 Å². The Morgan fingerprint density at radius 2 is 2.07 bits per heavy atom. The zero-order valence-electron chi connectivity index (χ0n) is 15.0. The first-order valence-electron chi connectivity index (χ1n) is 8.44. The molecule has 1 aromatic heterocycles. The molecular formula is C20H19N3O3S. The second-order valence-electron chi connectivity index (χ2n) is 5.66. The van der Waals surface area contributed by atoms with Crippen LogP contribution in [0.4, 0.5) is 11.4 Å². The lowest BCUT2D eigenvalue weighted by Crippen LogP contribution is -2.34. The lowest BCUT2D eigenvalue weighted by molar-refractivity contribution is -0.137. The molecule has 1 aliphatic heterocycles. The fraction of sp³-hybridized carbons (Fsp3) is 0.150. The molecule has 0 saturated carbocycles. The van der Waals surface area contributed by atoms with Gasteiger partial charge in [0.15, 0.2) is 0 Å². The van der Waals surface area contributed by atoms with E-state index in [1.807, 2.05) is 35.7 Å². The van der Waals surface area contributed by atoms with E-state index in [9.17, 15) is 9.59 Å². The van der Waals surface area contributed by atoms with E-state index in [1.165, 1.54) is 17.4 Å². The number of carbonyl (C=O) groups excluding carboxylic acids is 2. The van der Waals surface area contributed by atoms with Crippen molar-refractivity contribution < 1.29 is 14.3 Å². The summed E-state index contributed by atoms with van der Waals surface area (Å²) >= 11 is 1.53. The van der Waals surface area contributed by atoms with Gasteiger partial charge in [0.25, 0.3) is 0 Å². The van der Waals surface area contributed by atoms with Crippen molar-refractivity contribution in [1.82, 2.24) is 5.32 Å². The first-order valence-corrected chi connectivity index (χ1v) is 9.32. The van der Waals surface area contributed by atoms with Gasteiger partial charge < -0.3 is 15.4 Å². The van der Waals surface area contributed by atoms with Crippen molar-refractivity contribution in [3.8, 4) is 0 Å². The maximum absolute atomic E-state index is 12.5. The molecule has 2 heterocycles. The van der Waals surface area contributed by atoms with Gasteiger partial charge >= 0.3 is 5.97 Å². The summed E-state index contributed by atoms with van der Waals surface area (Å²) in [4.78, 5) is 30.3. The highest BCUT2D eigenvalue weighted by molar-refractivity contribution is 7.10. The molecular weight excluding hydrogens is 362 g/mol. The molecule has 6 nitrogen and oxygen atoms in total. The van der Waals surface area contributed by atoms with E-state index in [-0.39, 0.29) is 23.9 Å². The molecule has 1 amide bonds. The lowest BCUT2D eigenvalue weighted by atomic mass is 10.2. The van der Waals surface area contributed by atoms with Gasteiger partial charge in [-0.05, 0) is 43.5 Å². The van der Waals surface area contributed by atoms with Crippen LogP contribution in [0, 0.1) is 0 Å². The normalized spacial score (nSPS) is 13.5. The minimum atomic E-state index is -0.545. The molecule has 0 spiro atoms. The molecule has 7 heteroatoms. The number of anilines is 1. The van der Waals surface area contributed by atoms with Gasteiger partial charge in [-0.1, -0.05) is 18.2 Å². The Morgan fingerprint density at radius 3 is 2.81 bits per heavy atom. The summed E-state index contributed by atoms with van der Waals surface area (Å²) in [5.41, 5.74) is 2.12. The fourth-order valence-corrected chi connectivity index (χ4v) is 3.16. The van der Waals surface area contributed by atoms with Gasteiger partial charge in [0.1, 0.15) is 11.4 Å². The number of fused-ring (bicyclic) bond motifs is 1. The first kappa shape index (κ1) is 18.6. The van der Waals surface area contributed by atoms with Crippen LogP contribution in [0.25, 0.3) is 6.08 Å². The fourth-order valence-electron chi connectivity index (χ4n) is 2.54. The summed E-state index contributed by atoms with van der Waals surface area (Å²) in [5, 5.41) is 7.81. The third-order valence-corrected chi connectivity index (χ3v) is 4.57. The molecule has 2 N–H and O–H groups in total. The van der Waals surface area contributed by atoms with Gasteiger partial charge in [0, 0.05) is 16.7 Å². The number of ether oxygens (including phenoxy) is 1. The topological polar surface area (TPSA) is 79.8 Å². The largest absolute Gasteiger partial charge is 0.462 e.